The summed E-state index contributed by atoms with van der Waals surface area (Å²) in [4.78, 5) is 10.5. The van der Waals surface area contributed by atoms with E-state index < -0.39 is 36.5 Å². The van der Waals surface area contributed by atoms with Gasteiger partial charge in [0.1, 0.15) is 18.3 Å². The van der Waals surface area contributed by atoms with Crippen LogP contribution in [0, 0.1) is 0 Å². The first-order valence-electron chi connectivity index (χ1n) is 4.87. The Labute approximate surface area is 88.1 Å². The fraction of sp³-hybridized carbons (Fsp3) is 0.889. The molecule has 6 nitrogen and oxygen atoms in total. The number of ether oxygens (including phenoxy) is 1. The third-order valence-electron chi connectivity index (χ3n) is 2.10. The minimum atomic E-state index is -1.59. The summed E-state index contributed by atoms with van der Waals surface area (Å²) < 4.78 is 4.78. The van der Waals surface area contributed by atoms with E-state index in [1.54, 1.807) is 0 Å². The number of hydrogen-bond acceptors (Lipinski definition) is 5. The van der Waals surface area contributed by atoms with Gasteiger partial charge in [0.05, 0.1) is 6.10 Å². The van der Waals surface area contributed by atoms with E-state index in [2.05, 4.69) is 0 Å². The molecule has 5 unspecified atom stereocenters. The molecule has 0 bridgehead atoms. The monoisotopic (exact) mass is 222 g/mol. The van der Waals surface area contributed by atoms with E-state index in [9.17, 15) is 20.1 Å². The minimum Gasteiger partial charge on any atom is -0.479 e. The lowest BCUT2D eigenvalue weighted by Crippen LogP contribution is -2.58. The van der Waals surface area contributed by atoms with E-state index in [1.165, 1.54) is 6.92 Å². The van der Waals surface area contributed by atoms with Gasteiger partial charge in [-0.3, -0.25) is 0 Å². The molecule has 1 aliphatic rings. The van der Waals surface area contributed by atoms with Gasteiger partial charge in [0, 0.05) is 0 Å². The molecule has 0 aromatic heterocycles. The first kappa shape index (κ1) is 14.3. The summed E-state index contributed by atoms with van der Waals surface area (Å²) in [5, 5.41) is 36.1. The number of rotatable bonds is 1. The van der Waals surface area contributed by atoms with Crippen LogP contribution >= 0.6 is 0 Å². The molecule has 0 spiro atoms. The second-order valence-electron chi connectivity index (χ2n) is 3.07. The number of hydrogen-bond donors (Lipinski definition) is 4. The molecule has 6 heteroatoms. The molecule has 0 aliphatic carbocycles. The summed E-state index contributed by atoms with van der Waals surface area (Å²) in [7, 11) is 0. The quantitative estimate of drug-likeness (QED) is 0.452. The van der Waals surface area contributed by atoms with Gasteiger partial charge in [-0.15, -0.1) is 0 Å². The molecule has 0 aromatic carbocycles. The predicted molar refractivity (Wildman–Crippen MR) is 51.3 cm³/mol. The average molecular weight is 222 g/mol. The summed E-state index contributed by atoms with van der Waals surface area (Å²) in [5.74, 6) is -1.36. The topological polar surface area (TPSA) is 107 Å². The zero-order valence-electron chi connectivity index (χ0n) is 8.99. The molecule has 15 heavy (non-hydrogen) atoms. The van der Waals surface area contributed by atoms with Crippen molar-refractivity contribution >= 4 is 5.97 Å². The Morgan fingerprint density at radius 2 is 1.53 bits per heavy atom. The second-order valence-corrected chi connectivity index (χ2v) is 3.07. The maximum atomic E-state index is 10.5. The van der Waals surface area contributed by atoms with Crippen molar-refractivity contribution in [3.05, 3.63) is 0 Å². The van der Waals surface area contributed by atoms with Crippen molar-refractivity contribution in [3.63, 3.8) is 0 Å². The van der Waals surface area contributed by atoms with Gasteiger partial charge in [-0.05, 0) is 6.92 Å². The molecular formula is C9H18O6. The predicted octanol–water partition coefficient (Wildman–Crippen LogP) is -1.03. The Bertz CT molecular complexity index is 207. The Morgan fingerprint density at radius 3 is 1.93 bits per heavy atom. The van der Waals surface area contributed by atoms with Crippen LogP contribution < -0.4 is 0 Å². The fourth-order valence-corrected chi connectivity index (χ4v) is 1.26. The summed E-state index contributed by atoms with van der Waals surface area (Å²) in [6.07, 6.45) is -6.62. The lowest BCUT2D eigenvalue weighted by atomic mass is 9.96. The first-order valence-corrected chi connectivity index (χ1v) is 4.87. The maximum absolute atomic E-state index is 10.5. The number of aliphatic hydroxyl groups is 3. The maximum Gasteiger partial charge on any atom is 0.335 e. The highest BCUT2D eigenvalue weighted by Gasteiger charge is 2.44. The van der Waals surface area contributed by atoms with E-state index in [0.29, 0.717) is 0 Å². The molecule has 5 atom stereocenters. The van der Waals surface area contributed by atoms with Gasteiger partial charge in [0.2, 0.25) is 0 Å². The Kier molecular flexibility index (Phi) is 5.74. The molecule has 90 valence electrons. The highest BCUT2D eigenvalue weighted by atomic mass is 16.6. The molecule has 4 N–H and O–H groups in total. The SMILES string of the molecule is CC.CC1OC(C(=O)O)C(O)C(O)C1O. The number of carboxylic acids is 1. The zero-order chi connectivity index (χ0) is 12.2. The highest BCUT2D eigenvalue weighted by molar-refractivity contribution is 5.73. The van der Waals surface area contributed by atoms with Gasteiger partial charge in [0.15, 0.2) is 6.10 Å². The van der Waals surface area contributed by atoms with Crippen LogP contribution in [0.4, 0.5) is 0 Å². The van der Waals surface area contributed by atoms with E-state index in [0.717, 1.165) is 0 Å². The Balaban J connectivity index is 0.000000921. The molecule has 1 aliphatic heterocycles. The molecule has 1 heterocycles. The van der Waals surface area contributed by atoms with Crippen LogP contribution in [0.5, 0.6) is 0 Å². The van der Waals surface area contributed by atoms with Gasteiger partial charge < -0.3 is 25.2 Å². The van der Waals surface area contributed by atoms with Gasteiger partial charge in [0.25, 0.3) is 0 Å². The summed E-state index contributed by atoms with van der Waals surface area (Å²) in [6.45, 7) is 5.43. The van der Waals surface area contributed by atoms with Crippen molar-refractivity contribution in [1.82, 2.24) is 0 Å². The number of carbonyl (C=O) groups is 1. The molecule has 0 aromatic rings. The third kappa shape index (κ3) is 3.13. The standard InChI is InChI=1S/C7H12O6.C2H6/c1-2-3(8)4(9)5(10)6(13-2)7(11)12;1-2/h2-6,8-10H,1H3,(H,11,12);1-2H3. The molecule has 1 fully saturated rings. The molecule has 1 rings (SSSR count). The van der Waals surface area contributed by atoms with E-state index >= 15 is 0 Å². The fourth-order valence-electron chi connectivity index (χ4n) is 1.26. The van der Waals surface area contributed by atoms with Crippen LogP contribution in [0.2, 0.25) is 0 Å². The molecule has 0 saturated carbocycles. The largest absolute Gasteiger partial charge is 0.479 e. The molecular weight excluding hydrogens is 204 g/mol. The zero-order valence-corrected chi connectivity index (χ0v) is 8.99. The first-order chi connectivity index (χ1) is 6.95. The minimum absolute atomic E-state index is 0.806. The van der Waals surface area contributed by atoms with Gasteiger partial charge in [-0.1, -0.05) is 13.8 Å². The lowest BCUT2D eigenvalue weighted by Gasteiger charge is -2.37. The Morgan fingerprint density at radius 1 is 1.07 bits per heavy atom. The number of aliphatic hydroxyl groups excluding tert-OH is 3. The normalized spacial score (nSPS) is 40.3. The van der Waals surface area contributed by atoms with Gasteiger partial charge in [-0.2, -0.15) is 0 Å². The molecule has 1 saturated heterocycles. The summed E-state index contributed by atoms with van der Waals surface area (Å²) >= 11 is 0. The van der Waals surface area contributed by atoms with Gasteiger partial charge in [-0.25, -0.2) is 4.79 Å². The van der Waals surface area contributed by atoms with E-state index in [-0.39, 0.29) is 0 Å². The highest BCUT2D eigenvalue weighted by Crippen LogP contribution is 2.20. The molecule has 0 amide bonds. The van der Waals surface area contributed by atoms with Crippen LogP contribution in [-0.4, -0.2) is 56.9 Å². The van der Waals surface area contributed by atoms with Crippen LogP contribution in [0.3, 0.4) is 0 Å². The van der Waals surface area contributed by atoms with Crippen molar-refractivity contribution in [2.24, 2.45) is 0 Å². The summed E-state index contributed by atoms with van der Waals surface area (Å²) in [5.41, 5.74) is 0. The number of aliphatic carboxylic acids is 1. The average Bonchev–Trinajstić information content (AvgIpc) is 2.23. The lowest BCUT2D eigenvalue weighted by molar-refractivity contribution is -0.223. The van der Waals surface area contributed by atoms with Crippen molar-refractivity contribution in [2.75, 3.05) is 0 Å². The second kappa shape index (κ2) is 6.02. The third-order valence-corrected chi connectivity index (χ3v) is 2.10. The Hall–Kier alpha value is -0.690. The van der Waals surface area contributed by atoms with Crippen molar-refractivity contribution in [3.8, 4) is 0 Å². The smallest absolute Gasteiger partial charge is 0.335 e. The summed E-state index contributed by atoms with van der Waals surface area (Å²) in [6, 6.07) is 0. The van der Waals surface area contributed by atoms with E-state index in [1.807, 2.05) is 13.8 Å². The molecule has 0 radical (unpaired) electrons. The van der Waals surface area contributed by atoms with Crippen molar-refractivity contribution < 1.29 is 30.0 Å². The number of carboxylic acid groups (broad SMARTS) is 1. The van der Waals surface area contributed by atoms with Crippen molar-refractivity contribution in [2.45, 2.75) is 51.3 Å². The van der Waals surface area contributed by atoms with Crippen LogP contribution in [0.25, 0.3) is 0 Å². The van der Waals surface area contributed by atoms with Crippen LogP contribution in [-0.2, 0) is 9.53 Å². The van der Waals surface area contributed by atoms with Crippen LogP contribution in [0.15, 0.2) is 0 Å². The van der Waals surface area contributed by atoms with Gasteiger partial charge >= 0.3 is 5.97 Å². The van der Waals surface area contributed by atoms with Crippen molar-refractivity contribution in [1.29, 1.82) is 0 Å². The van der Waals surface area contributed by atoms with E-state index in [4.69, 9.17) is 9.84 Å². The van der Waals surface area contributed by atoms with Crippen LogP contribution in [0.1, 0.15) is 20.8 Å².